The zero-order valence-corrected chi connectivity index (χ0v) is 45.4. The highest BCUT2D eigenvalue weighted by atomic mass is 32.2. The van der Waals surface area contributed by atoms with Gasteiger partial charge in [-0.2, -0.15) is 8.42 Å². The molecular weight excluding hydrogens is 1060 g/mol. The number of nitrogens with zero attached hydrogens (tertiary/aromatic N) is 3. The van der Waals surface area contributed by atoms with E-state index < -0.39 is 62.3 Å². The van der Waals surface area contributed by atoms with Crippen molar-refractivity contribution in [3.8, 4) is 0 Å². The molecule has 2 aliphatic rings. The summed E-state index contributed by atoms with van der Waals surface area (Å²) >= 11 is 2.37. The van der Waals surface area contributed by atoms with Crippen LogP contribution in [0.1, 0.15) is 56.3 Å². The lowest BCUT2D eigenvalue weighted by molar-refractivity contribution is -0.154. The third-order valence-electron chi connectivity index (χ3n) is 13.8. The second-order valence-corrected chi connectivity index (χ2v) is 22.4. The van der Waals surface area contributed by atoms with Crippen LogP contribution in [0.2, 0.25) is 0 Å². The number of benzene rings is 8. The van der Waals surface area contributed by atoms with E-state index in [2.05, 4.69) is 47.0 Å². The Balaban J connectivity index is 0.992. The SMILES string of the molecule is CS(=O)(=O)OC1=C(C(=O)OC(c2ccccc2)c2ccccc2)N2C(=O)[C@@H](NC(=O)/C(=N\OC(c3ccccc3)(c3ccccc3)c3ccccc3)c3csc(NC(c4ccccc4)(c4ccccc4)c4ccccc4)n3)[C@@H]2SC1. The van der Waals surface area contributed by atoms with Crippen LogP contribution in [0.25, 0.3) is 0 Å². The maximum Gasteiger partial charge on any atom is 0.359 e. The number of anilines is 1. The summed E-state index contributed by atoms with van der Waals surface area (Å²) in [6.07, 6.45) is -0.0895. The van der Waals surface area contributed by atoms with E-state index in [1.54, 1.807) is 53.9 Å². The number of fused-ring (bicyclic) bond motifs is 1. The third kappa shape index (κ3) is 10.6. The molecule has 0 spiro atoms. The summed E-state index contributed by atoms with van der Waals surface area (Å²) in [7, 11) is -4.20. The molecule has 0 unspecified atom stereocenters. The number of thioether (sulfide) groups is 1. The normalized spacial score (nSPS) is 15.6. The molecule has 2 aliphatic heterocycles. The molecule has 3 heterocycles. The van der Waals surface area contributed by atoms with Gasteiger partial charge in [-0.25, -0.2) is 9.78 Å². The van der Waals surface area contributed by atoms with Gasteiger partial charge in [-0.05, 0) is 27.8 Å². The van der Waals surface area contributed by atoms with Gasteiger partial charge in [0.2, 0.25) is 5.60 Å². The number of rotatable bonds is 19. The lowest BCUT2D eigenvalue weighted by atomic mass is 9.77. The van der Waals surface area contributed by atoms with Gasteiger partial charge < -0.3 is 24.4 Å². The summed E-state index contributed by atoms with van der Waals surface area (Å²) < 4.78 is 37.1. The minimum Gasteiger partial charge on any atom is -0.448 e. The van der Waals surface area contributed by atoms with Crippen LogP contribution < -0.4 is 10.6 Å². The Morgan fingerprint density at radius 3 is 1.46 bits per heavy atom. The van der Waals surface area contributed by atoms with E-state index in [1.807, 2.05) is 158 Å². The molecule has 16 heteroatoms. The van der Waals surface area contributed by atoms with Crippen LogP contribution in [-0.4, -0.2) is 65.2 Å². The van der Waals surface area contributed by atoms with Gasteiger partial charge in [-0.3, -0.25) is 14.5 Å². The van der Waals surface area contributed by atoms with E-state index in [-0.39, 0.29) is 22.9 Å². The van der Waals surface area contributed by atoms with Crippen molar-refractivity contribution in [2.45, 2.75) is 28.7 Å². The maximum absolute atomic E-state index is 15.4. The fraction of sp³-hybridized carbons (Fsp3) is 0.109. The zero-order valence-electron chi connectivity index (χ0n) is 42.9. The van der Waals surface area contributed by atoms with Gasteiger partial charge in [-0.15, -0.1) is 23.1 Å². The number of ether oxygens (including phenoxy) is 1. The number of thiazole rings is 1. The van der Waals surface area contributed by atoms with Crippen LogP contribution in [0.4, 0.5) is 5.13 Å². The predicted octanol–water partition coefficient (Wildman–Crippen LogP) is 11.2. The molecule has 398 valence electrons. The summed E-state index contributed by atoms with van der Waals surface area (Å²) in [6.45, 7) is 0. The lowest BCUT2D eigenvalue weighted by Gasteiger charge is -2.49. The number of β-lactam (4-membered cyclic amide) rings is 1. The first-order valence-corrected chi connectivity index (χ1v) is 29.3. The number of esters is 1. The van der Waals surface area contributed by atoms with Gasteiger partial charge in [0.1, 0.15) is 22.6 Å². The minimum absolute atomic E-state index is 0.127. The number of carbonyl (C=O) groups is 3. The van der Waals surface area contributed by atoms with E-state index in [9.17, 15) is 18.0 Å². The van der Waals surface area contributed by atoms with Gasteiger partial charge >= 0.3 is 16.1 Å². The number of amides is 2. The molecule has 2 atom stereocenters. The molecular formula is C64H51N5O8S3. The van der Waals surface area contributed by atoms with Crippen LogP contribution in [0, 0.1) is 0 Å². The standard InChI is InChI=1S/C64H51N5O8S3/c1-80(73,74)76-53-43-78-60-55(59(71)69(60)56(53)61(72)75-57(44-26-10-2-11-27-44)45-28-12-3-13-29-45)66-58(70)54(68-77-64(49-36-20-7-21-37-49,50-38-22-8-23-39-50)51-40-24-9-25-41-51)52-42-79-62(65-52)67-63(46-30-14-4-15-31-46,47-32-16-5-17-33-47)48-34-18-6-19-35-48/h2-42,55,57,60H,43H2,1H3,(H,65,67)(H,66,70)/b68-54-/t55-,60+/m1/s1. The average molecular weight is 1110 g/mol. The van der Waals surface area contributed by atoms with E-state index in [0.717, 1.165) is 39.6 Å². The first-order chi connectivity index (χ1) is 39.0. The Morgan fingerprint density at radius 1 is 0.625 bits per heavy atom. The Hall–Kier alpha value is -9.09. The van der Waals surface area contributed by atoms with Crippen molar-refractivity contribution in [3.63, 3.8) is 0 Å². The molecule has 2 N–H and O–H groups in total. The summed E-state index contributed by atoms with van der Waals surface area (Å²) in [4.78, 5) is 58.0. The summed E-state index contributed by atoms with van der Waals surface area (Å²) in [5, 5.41) is 12.8. The van der Waals surface area contributed by atoms with Crippen LogP contribution in [0.3, 0.4) is 0 Å². The Kier molecular flexibility index (Phi) is 15.3. The molecule has 0 radical (unpaired) electrons. The first kappa shape index (κ1) is 52.9. The van der Waals surface area contributed by atoms with Gasteiger partial charge in [0.25, 0.3) is 11.8 Å². The van der Waals surface area contributed by atoms with E-state index in [4.69, 9.17) is 23.9 Å². The molecule has 2 amide bonds. The maximum atomic E-state index is 15.4. The number of hydrogen-bond donors (Lipinski definition) is 2. The second kappa shape index (κ2) is 23.1. The fourth-order valence-electron chi connectivity index (χ4n) is 10.2. The molecule has 13 nitrogen and oxygen atoms in total. The quantitative estimate of drug-likeness (QED) is 0.0198. The number of hydrogen-bond acceptors (Lipinski definition) is 13. The zero-order chi connectivity index (χ0) is 55.1. The van der Waals surface area contributed by atoms with Crippen molar-refractivity contribution in [3.05, 3.63) is 310 Å². The van der Waals surface area contributed by atoms with Gasteiger partial charge in [0.05, 0.1) is 12.0 Å². The van der Waals surface area contributed by atoms with Crippen LogP contribution in [0.5, 0.6) is 0 Å². The molecule has 1 saturated heterocycles. The highest BCUT2D eigenvalue weighted by molar-refractivity contribution is 8.00. The Labute approximate surface area is 471 Å². The van der Waals surface area contributed by atoms with Gasteiger partial charge in [-0.1, -0.05) is 248 Å². The Bertz CT molecular complexity index is 3570. The molecule has 80 heavy (non-hydrogen) atoms. The fourth-order valence-corrected chi connectivity index (χ4v) is 12.7. The number of oxime groups is 1. The average Bonchev–Trinajstić information content (AvgIpc) is 3.73. The number of nitrogens with one attached hydrogen (secondary N) is 2. The molecule has 1 aromatic heterocycles. The van der Waals surface area contributed by atoms with Crippen LogP contribution >= 0.6 is 23.1 Å². The molecule has 0 bridgehead atoms. The highest BCUT2D eigenvalue weighted by Gasteiger charge is 2.56. The van der Waals surface area contributed by atoms with Gasteiger partial charge in [0, 0.05) is 22.1 Å². The van der Waals surface area contributed by atoms with Crippen molar-refractivity contribution in [2.24, 2.45) is 5.16 Å². The molecule has 8 aromatic carbocycles. The summed E-state index contributed by atoms with van der Waals surface area (Å²) in [6, 6.07) is 75.6. The first-order valence-electron chi connectivity index (χ1n) is 25.6. The predicted molar refractivity (Wildman–Crippen MR) is 311 cm³/mol. The molecule has 0 aliphatic carbocycles. The summed E-state index contributed by atoms with van der Waals surface area (Å²) in [5.41, 5.74) is 3.26. The monoisotopic (exact) mass is 1110 g/mol. The van der Waals surface area contributed by atoms with E-state index >= 15 is 4.79 Å². The third-order valence-corrected chi connectivity index (χ3v) is 16.3. The second-order valence-electron chi connectivity index (χ2n) is 18.8. The van der Waals surface area contributed by atoms with Crippen LogP contribution in [-0.2, 0) is 49.4 Å². The highest BCUT2D eigenvalue weighted by Crippen LogP contribution is 2.45. The van der Waals surface area contributed by atoms with Crippen molar-refractivity contribution in [2.75, 3.05) is 17.3 Å². The van der Waals surface area contributed by atoms with Crippen molar-refractivity contribution in [1.29, 1.82) is 0 Å². The molecule has 0 saturated carbocycles. The largest absolute Gasteiger partial charge is 0.448 e. The van der Waals surface area contributed by atoms with Gasteiger partial charge in [0.15, 0.2) is 28.4 Å². The minimum atomic E-state index is -4.20. The topological polar surface area (TPSA) is 166 Å². The van der Waals surface area contributed by atoms with Crippen molar-refractivity contribution >= 4 is 61.8 Å². The molecule has 11 rings (SSSR count). The van der Waals surface area contributed by atoms with Crippen LogP contribution in [0.15, 0.2) is 265 Å². The number of carbonyl (C=O) groups excluding carboxylic acids is 3. The molecule has 1 fully saturated rings. The van der Waals surface area contributed by atoms with E-state index in [1.165, 1.54) is 11.3 Å². The molecule has 9 aromatic rings. The van der Waals surface area contributed by atoms with Crippen molar-refractivity contribution < 1.29 is 36.6 Å². The summed E-state index contributed by atoms with van der Waals surface area (Å²) in [5.74, 6) is -2.99. The van der Waals surface area contributed by atoms with E-state index in [0.29, 0.717) is 32.9 Å². The Morgan fingerprint density at radius 2 is 1.04 bits per heavy atom. The number of aromatic nitrogens is 1. The lowest BCUT2D eigenvalue weighted by Crippen LogP contribution is -2.71. The smallest absolute Gasteiger partial charge is 0.359 e. The van der Waals surface area contributed by atoms with Crippen molar-refractivity contribution in [1.82, 2.24) is 15.2 Å².